The van der Waals surface area contributed by atoms with Gasteiger partial charge in [-0.1, -0.05) is 23.2 Å². The van der Waals surface area contributed by atoms with E-state index in [4.69, 9.17) is 38.0 Å². The van der Waals surface area contributed by atoms with E-state index in [0.29, 0.717) is 81.0 Å². The summed E-state index contributed by atoms with van der Waals surface area (Å²) in [4.78, 5) is 19.1. The monoisotopic (exact) mass is 566 g/mol. The van der Waals surface area contributed by atoms with Crippen molar-refractivity contribution in [1.29, 1.82) is 0 Å². The van der Waals surface area contributed by atoms with Crippen molar-refractivity contribution in [1.82, 2.24) is 39.3 Å². The minimum absolute atomic E-state index is 0.289. The number of rotatable bonds is 6. The molecule has 0 radical (unpaired) electrons. The molecule has 1 aliphatic heterocycles. The van der Waals surface area contributed by atoms with Crippen molar-refractivity contribution in [2.24, 2.45) is 0 Å². The Hall–Kier alpha value is -3.59. The molecule has 200 valence electrons. The molecule has 3 N–H and O–H groups in total. The number of nitrogens with zero attached hydrogens (tertiary/aromatic N) is 8. The molecule has 1 aliphatic rings. The van der Waals surface area contributed by atoms with Gasteiger partial charge in [0.15, 0.2) is 5.65 Å². The van der Waals surface area contributed by atoms with Crippen LogP contribution in [-0.2, 0) is 11.3 Å². The molecule has 1 saturated heterocycles. The molecule has 12 nitrogen and oxygen atoms in total. The minimum atomic E-state index is -2.75. The molecule has 4 aromatic heterocycles. The zero-order valence-electron chi connectivity index (χ0n) is 19.9. The molecule has 5 heterocycles. The average Bonchev–Trinajstić information content (AvgIpc) is 3.67. The van der Waals surface area contributed by atoms with Crippen LogP contribution in [0.3, 0.4) is 0 Å². The maximum absolute atomic E-state index is 13.1. The summed E-state index contributed by atoms with van der Waals surface area (Å²) < 4.78 is 33.7. The number of imidazole rings is 1. The molecule has 0 aliphatic carbocycles. The Balaban J connectivity index is 0.00000144. The Morgan fingerprint density at radius 3 is 2.58 bits per heavy atom. The predicted molar refractivity (Wildman–Crippen MR) is 138 cm³/mol. The predicted octanol–water partition coefficient (Wildman–Crippen LogP) is 3.62. The fourth-order valence-electron chi connectivity index (χ4n) is 3.98. The van der Waals surface area contributed by atoms with Crippen LogP contribution in [0.5, 0.6) is 0 Å². The van der Waals surface area contributed by atoms with Crippen molar-refractivity contribution in [3.8, 4) is 11.1 Å². The van der Waals surface area contributed by atoms with Gasteiger partial charge in [0.2, 0.25) is 11.9 Å². The number of morpholine rings is 1. The van der Waals surface area contributed by atoms with Gasteiger partial charge in [-0.2, -0.15) is 33.5 Å². The number of aromatic nitrogens is 8. The number of aliphatic hydroxyl groups excluding tert-OH is 1. The van der Waals surface area contributed by atoms with Gasteiger partial charge < -0.3 is 25.0 Å². The number of alkyl halides is 2. The topological polar surface area (TPSA) is 134 Å². The summed E-state index contributed by atoms with van der Waals surface area (Å²) in [6.07, 6.45) is 4.17. The van der Waals surface area contributed by atoms with E-state index in [2.05, 4.69) is 30.5 Å². The fraction of sp³-hybridized carbons (Fsp3) is 0.318. The van der Waals surface area contributed by atoms with Crippen LogP contribution in [0.4, 0.5) is 20.7 Å². The van der Waals surface area contributed by atoms with Gasteiger partial charge in [0.1, 0.15) is 5.82 Å². The van der Waals surface area contributed by atoms with E-state index in [-0.39, 0.29) is 6.54 Å². The van der Waals surface area contributed by atoms with Crippen molar-refractivity contribution >= 4 is 51.8 Å². The van der Waals surface area contributed by atoms with Crippen LogP contribution >= 0.6 is 23.2 Å². The molecule has 38 heavy (non-hydrogen) atoms. The molecule has 5 aromatic rings. The van der Waals surface area contributed by atoms with Crippen molar-refractivity contribution in [2.45, 2.75) is 13.1 Å². The minimum Gasteiger partial charge on any atom is -0.400 e. The second kappa shape index (κ2) is 11.0. The van der Waals surface area contributed by atoms with Crippen molar-refractivity contribution in [3.63, 3.8) is 0 Å². The Bertz CT molecular complexity index is 1530. The van der Waals surface area contributed by atoms with Gasteiger partial charge in [-0.05, 0) is 12.1 Å². The van der Waals surface area contributed by atoms with Crippen molar-refractivity contribution in [2.75, 3.05) is 43.6 Å². The van der Waals surface area contributed by atoms with E-state index in [1.165, 1.54) is 16.9 Å². The Labute approximate surface area is 224 Å². The summed E-state index contributed by atoms with van der Waals surface area (Å²) >= 11 is 12.2. The van der Waals surface area contributed by atoms with Crippen LogP contribution in [-0.4, -0.2) is 77.9 Å². The molecule has 1 fully saturated rings. The number of hydrogen-bond acceptors (Lipinski definition) is 9. The first-order chi connectivity index (χ1) is 18.5. The van der Waals surface area contributed by atoms with E-state index >= 15 is 0 Å². The zero-order valence-corrected chi connectivity index (χ0v) is 21.5. The number of aliphatic hydroxyl groups is 1. The van der Waals surface area contributed by atoms with E-state index in [1.54, 1.807) is 18.3 Å². The summed E-state index contributed by atoms with van der Waals surface area (Å²) in [6.45, 7) is -0.119. The van der Waals surface area contributed by atoms with Crippen LogP contribution in [0.2, 0.25) is 10.0 Å². The Morgan fingerprint density at radius 2 is 1.84 bits per heavy atom. The lowest BCUT2D eigenvalue weighted by Gasteiger charge is -2.27. The number of ether oxygens (including phenoxy) is 1. The summed E-state index contributed by atoms with van der Waals surface area (Å²) in [7, 11) is 1.00. The third kappa shape index (κ3) is 5.07. The first-order valence-electron chi connectivity index (χ1n) is 11.4. The van der Waals surface area contributed by atoms with Crippen molar-refractivity contribution < 1.29 is 18.6 Å². The summed E-state index contributed by atoms with van der Waals surface area (Å²) in [6, 6.07) is 3.41. The highest BCUT2D eigenvalue weighted by molar-refractivity contribution is 6.42. The van der Waals surface area contributed by atoms with Crippen LogP contribution < -0.4 is 10.2 Å². The van der Waals surface area contributed by atoms with E-state index < -0.39 is 6.55 Å². The number of nitrogens with one attached hydrogen (secondary N) is 2. The van der Waals surface area contributed by atoms with Gasteiger partial charge >= 0.3 is 6.55 Å². The van der Waals surface area contributed by atoms with Gasteiger partial charge in [-0.25, -0.2) is 9.67 Å². The average molecular weight is 567 g/mol. The van der Waals surface area contributed by atoms with Crippen LogP contribution in [0, 0.1) is 0 Å². The number of fused-ring (bicyclic) bond motifs is 2. The van der Waals surface area contributed by atoms with Gasteiger partial charge in [-0.3, -0.25) is 0 Å². The normalized spacial score (nSPS) is 13.8. The number of benzene rings is 1. The largest absolute Gasteiger partial charge is 0.400 e. The first kappa shape index (κ1) is 26.0. The van der Waals surface area contributed by atoms with Crippen LogP contribution in [0.15, 0.2) is 30.7 Å². The van der Waals surface area contributed by atoms with E-state index in [1.807, 2.05) is 4.90 Å². The second-order valence-corrected chi connectivity index (χ2v) is 8.86. The van der Waals surface area contributed by atoms with Crippen molar-refractivity contribution in [3.05, 3.63) is 46.6 Å². The molecular formula is C22H22Cl2F2N10O2. The number of hydrogen-bond donors (Lipinski definition) is 3. The van der Waals surface area contributed by atoms with Gasteiger partial charge in [0.05, 0.1) is 53.2 Å². The molecule has 0 atom stereocenters. The van der Waals surface area contributed by atoms with Crippen LogP contribution in [0.25, 0.3) is 27.8 Å². The molecule has 1 aromatic carbocycles. The summed E-state index contributed by atoms with van der Waals surface area (Å²) in [5.41, 5.74) is 2.90. The number of H-pyrrole nitrogens is 1. The molecule has 0 unspecified atom stereocenters. The summed E-state index contributed by atoms with van der Waals surface area (Å²) in [5, 5.41) is 19.2. The highest BCUT2D eigenvalue weighted by atomic mass is 35.5. The lowest BCUT2D eigenvalue weighted by atomic mass is 10.2. The van der Waals surface area contributed by atoms with Crippen LogP contribution in [0.1, 0.15) is 12.4 Å². The second-order valence-electron chi connectivity index (χ2n) is 8.05. The Morgan fingerprint density at radius 1 is 1.08 bits per heavy atom. The Kier molecular flexibility index (Phi) is 7.56. The molecule has 0 amide bonds. The first-order valence-corrected chi connectivity index (χ1v) is 12.2. The highest BCUT2D eigenvalue weighted by Crippen LogP contribution is 2.29. The SMILES string of the molecule is CO.FC(F)n1cc(-c2cnn3c(NCc4nc5cc(Cl)c(Cl)cc5[nH]4)nc(N4CCOCC4)nc23)cn1. The van der Waals surface area contributed by atoms with E-state index in [0.717, 1.165) is 12.6 Å². The third-order valence-corrected chi connectivity index (χ3v) is 6.47. The maximum Gasteiger partial charge on any atom is 0.333 e. The standard InChI is InChI=1S/C21H18Cl2F2N10O.CH4O/c22-13-5-15-16(6-14(13)23)30-17(29-15)9-26-20-32-21(33-1-3-36-4-2-33)31-18-12(8-28-35(18)20)11-7-27-34(10-11)19(24)25;1-2/h5-8,10,19H,1-4,9H2,(H,29,30)(H,26,31,32);2H,1H3. The summed E-state index contributed by atoms with van der Waals surface area (Å²) in [5.74, 6) is 1.51. The van der Waals surface area contributed by atoms with Gasteiger partial charge in [0, 0.05) is 37.5 Å². The lowest BCUT2D eigenvalue weighted by Crippen LogP contribution is -2.37. The van der Waals surface area contributed by atoms with Gasteiger partial charge in [0.25, 0.3) is 0 Å². The molecule has 6 rings (SSSR count). The molecular weight excluding hydrogens is 545 g/mol. The molecule has 16 heteroatoms. The number of anilines is 2. The third-order valence-electron chi connectivity index (χ3n) is 5.75. The zero-order chi connectivity index (χ0) is 26.8. The lowest BCUT2D eigenvalue weighted by molar-refractivity contribution is 0.0566. The van der Waals surface area contributed by atoms with E-state index in [9.17, 15) is 8.78 Å². The molecule has 0 saturated carbocycles. The molecule has 0 bridgehead atoms. The number of aromatic amines is 1. The quantitative estimate of drug-likeness (QED) is 0.281. The molecule has 0 spiro atoms. The number of halogens is 4. The fourth-order valence-corrected chi connectivity index (χ4v) is 4.30. The van der Waals surface area contributed by atoms with Gasteiger partial charge in [-0.15, -0.1) is 0 Å². The highest BCUT2D eigenvalue weighted by Gasteiger charge is 2.21. The smallest absolute Gasteiger partial charge is 0.333 e. The maximum atomic E-state index is 13.1.